The topological polar surface area (TPSA) is 54.6 Å². The number of anilines is 1. The number of nitrogens with zero attached hydrogens (tertiary/aromatic N) is 1. The van der Waals surface area contributed by atoms with E-state index in [1.807, 2.05) is 6.92 Å². The second-order valence-electron chi connectivity index (χ2n) is 5.55. The number of fused-ring (bicyclic) bond motifs is 1. The molecule has 3 rings (SSSR count). The monoisotopic (exact) mass is 425 g/mol. The molecular weight excluding hydrogens is 412 g/mol. The van der Waals surface area contributed by atoms with Crippen LogP contribution in [0.5, 0.6) is 0 Å². The Bertz CT molecular complexity index is 1040. The Hall–Kier alpha value is -2.57. The third kappa shape index (κ3) is 4.15. The van der Waals surface area contributed by atoms with Crippen molar-refractivity contribution in [3.8, 4) is 0 Å². The molecule has 1 N–H and O–H groups in total. The summed E-state index contributed by atoms with van der Waals surface area (Å²) in [7, 11) is 0. The average Bonchev–Trinajstić information content (AvgIpc) is 2.53. The Balaban J connectivity index is 1.83. The van der Waals surface area contributed by atoms with Gasteiger partial charge in [0.15, 0.2) is 0 Å². The van der Waals surface area contributed by atoms with Crippen LogP contribution in [0.2, 0.25) is 0 Å². The van der Waals surface area contributed by atoms with E-state index in [9.17, 15) is 18.0 Å². The summed E-state index contributed by atoms with van der Waals surface area (Å²) in [5.74, 6) is 0. The fourth-order valence-corrected chi connectivity index (χ4v) is 2.86. The molecule has 133 valence electrons. The molecule has 1 radical (unpaired) electrons. The number of aliphatic imine (C=N–C) groups is 1. The van der Waals surface area contributed by atoms with Gasteiger partial charge in [-0.05, 0) is 0 Å². The van der Waals surface area contributed by atoms with Gasteiger partial charge in [0.25, 0.3) is 0 Å². The van der Waals surface area contributed by atoms with Crippen molar-refractivity contribution in [3.63, 3.8) is 0 Å². The third-order valence-electron chi connectivity index (χ3n) is 3.63. The summed E-state index contributed by atoms with van der Waals surface area (Å²) >= 11 is 2.71. The van der Waals surface area contributed by atoms with Crippen molar-refractivity contribution in [2.45, 2.75) is 13.1 Å². The molecule has 0 amide bonds. The first kappa shape index (κ1) is 18.2. The number of halogens is 3. The quantitative estimate of drug-likeness (QED) is 0.288. The molecule has 0 spiro atoms. The summed E-state index contributed by atoms with van der Waals surface area (Å²) in [5, 5.41) is 3.79. The van der Waals surface area contributed by atoms with E-state index in [0.29, 0.717) is 21.7 Å². The first-order chi connectivity index (χ1) is 12.2. The van der Waals surface area contributed by atoms with Gasteiger partial charge in [0, 0.05) is 0 Å². The van der Waals surface area contributed by atoms with Crippen LogP contribution >= 0.6 is 0 Å². The Morgan fingerprint density at radius 1 is 1.12 bits per heavy atom. The molecule has 0 aliphatic rings. The fourth-order valence-electron chi connectivity index (χ4n) is 2.40. The first-order valence-corrected chi connectivity index (χ1v) is 8.32. The summed E-state index contributed by atoms with van der Waals surface area (Å²) in [6, 6.07) is 11.2. The molecule has 0 aliphatic carbocycles. The van der Waals surface area contributed by atoms with Crippen LogP contribution in [0, 0.1) is 6.92 Å². The molecule has 1 aromatic heterocycles. The zero-order valence-electron chi connectivity index (χ0n) is 13.4. The molecule has 0 atom stereocenters. The Labute approximate surface area is 154 Å². The van der Waals surface area contributed by atoms with Gasteiger partial charge in [0.1, 0.15) is 0 Å². The Morgan fingerprint density at radius 3 is 2.46 bits per heavy atom. The maximum atomic E-state index is 12.6. The standard InChI is InChI=1S/C18H12F3N2O2Se/c1-10-8-16(24)25-15-9-13(6-7-14(10)15)23-17(26)22-12-4-2-11(3-5-12)18(19,20)21/h2-9H,1H3,(H,22,23). The van der Waals surface area contributed by atoms with E-state index in [1.54, 1.807) is 18.2 Å². The number of aryl methyl sites for hydroxylation is 1. The summed E-state index contributed by atoms with van der Waals surface area (Å²) in [6.07, 6.45) is -4.38. The van der Waals surface area contributed by atoms with Gasteiger partial charge in [-0.15, -0.1) is 0 Å². The van der Waals surface area contributed by atoms with Crippen molar-refractivity contribution in [2.24, 2.45) is 4.99 Å². The van der Waals surface area contributed by atoms with Crippen LogP contribution in [0.3, 0.4) is 0 Å². The molecule has 0 bridgehead atoms. The van der Waals surface area contributed by atoms with Crippen LogP contribution in [0.25, 0.3) is 11.0 Å². The summed E-state index contributed by atoms with van der Waals surface area (Å²) in [6.45, 7) is 1.82. The van der Waals surface area contributed by atoms with Gasteiger partial charge in [-0.25, -0.2) is 0 Å². The molecular formula is C18H12F3N2O2Se. The number of hydrogen-bond donors (Lipinski definition) is 1. The van der Waals surface area contributed by atoms with Crippen molar-refractivity contribution in [1.82, 2.24) is 0 Å². The molecule has 8 heteroatoms. The van der Waals surface area contributed by atoms with Crippen molar-refractivity contribution >= 4 is 43.1 Å². The van der Waals surface area contributed by atoms with E-state index in [1.165, 1.54) is 18.2 Å². The SMILES string of the molecule is Cc1cc(=O)oc2cc(NC([Se])=Nc3ccc(C(F)(F)F)cc3)ccc12. The average molecular weight is 424 g/mol. The molecule has 1 heterocycles. The van der Waals surface area contributed by atoms with Gasteiger partial charge in [0.05, 0.1) is 0 Å². The number of rotatable bonds is 2. The molecule has 0 saturated heterocycles. The minimum atomic E-state index is -4.38. The third-order valence-corrected chi connectivity index (χ3v) is 4.03. The minimum absolute atomic E-state index is 0.360. The van der Waals surface area contributed by atoms with Gasteiger partial charge in [0.2, 0.25) is 0 Å². The Kier molecular flexibility index (Phi) is 4.89. The molecule has 26 heavy (non-hydrogen) atoms. The molecule has 2 aromatic carbocycles. The number of nitrogens with one attached hydrogen (secondary N) is 1. The molecule has 0 fully saturated rings. The van der Waals surface area contributed by atoms with E-state index in [4.69, 9.17) is 4.42 Å². The second-order valence-corrected chi connectivity index (χ2v) is 6.36. The fraction of sp³-hybridized carbons (Fsp3) is 0.111. The van der Waals surface area contributed by atoms with E-state index < -0.39 is 17.4 Å². The van der Waals surface area contributed by atoms with Crippen LogP contribution in [0.1, 0.15) is 11.1 Å². The molecule has 4 nitrogen and oxygen atoms in total. The van der Waals surface area contributed by atoms with Gasteiger partial charge in [-0.3, -0.25) is 0 Å². The normalized spacial score (nSPS) is 12.4. The van der Waals surface area contributed by atoms with Crippen LogP contribution < -0.4 is 10.9 Å². The van der Waals surface area contributed by atoms with Crippen LogP contribution in [0.4, 0.5) is 24.5 Å². The van der Waals surface area contributed by atoms with Crippen molar-refractivity contribution in [2.75, 3.05) is 5.32 Å². The van der Waals surface area contributed by atoms with Crippen LogP contribution in [-0.4, -0.2) is 20.7 Å². The Morgan fingerprint density at radius 2 is 1.81 bits per heavy atom. The maximum absolute atomic E-state index is 12.6. The van der Waals surface area contributed by atoms with Crippen molar-refractivity contribution in [1.29, 1.82) is 0 Å². The zero-order valence-corrected chi connectivity index (χ0v) is 15.1. The molecule has 0 aliphatic heterocycles. The van der Waals surface area contributed by atoms with E-state index in [-0.39, 0.29) is 0 Å². The van der Waals surface area contributed by atoms with Gasteiger partial charge in [-0.1, -0.05) is 0 Å². The predicted molar refractivity (Wildman–Crippen MR) is 95.1 cm³/mol. The number of hydrogen-bond acceptors (Lipinski definition) is 3. The number of alkyl halides is 3. The van der Waals surface area contributed by atoms with E-state index in [0.717, 1.165) is 23.1 Å². The number of amidine groups is 1. The second kappa shape index (κ2) is 6.97. The van der Waals surface area contributed by atoms with Gasteiger partial charge in [-0.2, -0.15) is 0 Å². The van der Waals surface area contributed by atoms with Gasteiger partial charge < -0.3 is 0 Å². The zero-order chi connectivity index (χ0) is 18.9. The van der Waals surface area contributed by atoms with Crippen LogP contribution in [0.15, 0.2) is 62.7 Å². The first-order valence-electron chi connectivity index (χ1n) is 7.47. The summed E-state index contributed by atoms with van der Waals surface area (Å²) in [4.78, 5) is 15.7. The van der Waals surface area contributed by atoms with E-state index in [2.05, 4.69) is 26.3 Å². The van der Waals surface area contributed by atoms with Crippen LogP contribution in [-0.2, 0) is 6.18 Å². The number of benzene rings is 2. The van der Waals surface area contributed by atoms with Crippen molar-refractivity contribution < 1.29 is 17.6 Å². The molecule has 0 unspecified atom stereocenters. The van der Waals surface area contributed by atoms with Crippen molar-refractivity contribution in [3.05, 3.63) is 70.1 Å². The summed E-state index contributed by atoms with van der Waals surface area (Å²) < 4.78 is 43.2. The molecule has 3 aromatic rings. The predicted octanol–water partition coefficient (Wildman–Crippen LogP) is 4.39. The molecule has 0 saturated carbocycles. The summed E-state index contributed by atoms with van der Waals surface area (Å²) in [5.41, 5.74) is 1.06. The van der Waals surface area contributed by atoms with Gasteiger partial charge >= 0.3 is 154 Å². The van der Waals surface area contributed by atoms with E-state index >= 15 is 0 Å².